The summed E-state index contributed by atoms with van der Waals surface area (Å²) in [6.45, 7) is 3.57. The molecule has 1 saturated heterocycles. The molecule has 1 N–H and O–H groups in total. The molecule has 5 nitrogen and oxygen atoms in total. The standard InChI is InChI=1S/C21H23ClN2O3/c1-2-15-9-11-24(12-10-15)21(26)19(14-18-4-3-13-27-18)23-20(25)16-5-7-17(22)8-6-16/h3-8,13-15H,2,9-12H2,1H3,(H,23,25)/b19-14+. The SMILES string of the molecule is CCC1CCN(C(=O)/C(=C\c2ccco2)NC(=O)c2ccc(Cl)cc2)CC1. The number of nitrogens with one attached hydrogen (secondary N) is 1. The van der Waals surface area contributed by atoms with Crippen LogP contribution in [0.4, 0.5) is 0 Å². The number of furan rings is 1. The second-order valence-corrected chi connectivity index (χ2v) is 7.11. The van der Waals surface area contributed by atoms with E-state index in [9.17, 15) is 9.59 Å². The molecule has 0 aliphatic carbocycles. The summed E-state index contributed by atoms with van der Waals surface area (Å²) in [7, 11) is 0. The van der Waals surface area contributed by atoms with Crippen molar-refractivity contribution in [2.45, 2.75) is 26.2 Å². The number of hydrogen-bond acceptors (Lipinski definition) is 3. The van der Waals surface area contributed by atoms with Crippen LogP contribution in [0.5, 0.6) is 0 Å². The van der Waals surface area contributed by atoms with Gasteiger partial charge in [0, 0.05) is 29.8 Å². The molecule has 0 unspecified atom stereocenters. The van der Waals surface area contributed by atoms with Gasteiger partial charge in [-0.15, -0.1) is 0 Å². The normalized spacial score (nSPS) is 15.6. The van der Waals surface area contributed by atoms with Gasteiger partial charge in [-0.1, -0.05) is 24.9 Å². The summed E-state index contributed by atoms with van der Waals surface area (Å²) < 4.78 is 5.32. The average Bonchev–Trinajstić information content (AvgIpc) is 3.20. The minimum Gasteiger partial charge on any atom is -0.465 e. The zero-order chi connectivity index (χ0) is 19.2. The Kier molecular flexibility index (Phi) is 6.35. The Bertz CT molecular complexity index is 804. The monoisotopic (exact) mass is 386 g/mol. The molecule has 0 radical (unpaired) electrons. The number of likely N-dealkylation sites (tertiary alicyclic amines) is 1. The molecule has 1 aliphatic heterocycles. The van der Waals surface area contributed by atoms with Crippen LogP contribution >= 0.6 is 11.6 Å². The summed E-state index contributed by atoms with van der Waals surface area (Å²) in [5.41, 5.74) is 0.641. The summed E-state index contributed by atoms with van der Waals surface area (Å²) in [4.78, 5) is 27.4. The highest BCUT2D eigenvalue weighted by atomic mass is 35.5. The lowest BCUT2D eigenvalue weighted by Crippen LogP contribution is -2.42. The Balaban J connectivity index is 1.78. The van der Waals surface area contributed by atoms with Crippen molar-refractivity contribution >= 4 is 29.5 Å². The largest absolute Gasteiger partial charge is 0.465 e. The predicted octanol–water partition coefficient (Wildman–Crippen LogP) is 4.35. The summed E-state index contributed by atoms with van der Waals surface area (Å²) in [5.74, 6) is 0.623. The van der Waals surface area contributed by atoms with Crippen molar-refractivity contribution < 1.29 is 14.0 Å². The third kappa shape index (κ3) is 5.01. The van der Waals surface area contributed by atoms with E-state index in [0.717, 1.165) is 19.3 Å². The third-order valence-electron chi connectivity index (χ3n) is 4.89. The molecule has 0 bridgehead atoms. The van der Waals surface area contributed by atoms with Gasteiger partial charge in [-0.05, 0) is 55.2 Å². The van der Waals surface area contributed by atoms with Gasteiger partial charge in [0.15, 0.2) is 0 Å². The molecular formula is C21H23ClN2O3. The number of nitrogens with zero attached hydrogens (tertiary/aromatic N) is 1. The maximum absolute atomic E-state index is 13.0. The lowest BCUT2D eigenvalue weighted by molar-refractivity contribution is -0.128. The highest BCUT2D eigenvalue weighted by Gasteiger charge is 2.25. The van der Waals surface area contributed by atoms with Gasteiger partial charge in [-0.2, -0.15) is 0 Å². The van der Waals surface area contributed by atoms with Gasteiger partial charge in [0.1, 0.15) is 11.5 Å². The predicted molar refractivity (Wildman–Crippen MR) is 105 cm³/mol. The van der Waals surface area contributed by atoms with E-state index in [4.69, 9.17) is 16.0 Å². The summed E-state index contributed by atoms with van der Waals surface area (Å²) in [5, 5.41) is 3.29. The molecule has 1 aromatic heterocycles. The van der Waals surface area contributed by atoms with Crippen LogP contribution < -0.4 is 5.32 Å². The van der Waals surface area contributed by atoms with Crippen molar-refractivity contribution in [3.05, 3.63) is 64.7 Å². The van der Waals surface area contributed by atoms with E-state index in [1.807, 2.05) is 0 Å². The number of rotatable bonds is 5. The summed E-state index contributed by atoms with van der Waals surface area (Å²) in [6.07, 6.45) is 6.21. The van der Waals surface area contributed by atoms with E-state index >= 15 is 0 Å². The van der Waals surface area contributed by atoms with Crippen molar-refractivity contribution in [3.8, 4) is 0 Å². The lowest BCUT2D eigenvalue weighted by Gasteiger charge is -2.32. The zero-order valence-corrected chi connectivity index (χ0v) is 16.0. The maximum atomic E-state index is 13.0. The fourth-order valence-corrected chi connectivity index (χ4v) is 3.30. The number of carbonyl (C=O) groups is 2. The Morgan fingerprint density at radius 3 is 2.52 bits per heavy atom. The van der Waals surface area contributed by atoms with E-state index in [0.29, 0.717) is 35.4 Å². The Labute approximate surface area is 164 Å². The molecule has 6 heteroatoms. The van der Waals surface area contributed by atoms with Crippen molar-refractivity contribution in [1.29, 1.82) is 0 Å². The number of amides is 2. The van der Waals surface area contributed by atoms with E-state index in [-0.39, 0.29) is 17.5 Å². The van der Waals surface area contributed by atoms with E-state index in [2.05, 4.69) is 12.2 Å². The first-order valence-corrected chi connectivity index (χ1v) is 9.56. The first-order valence-electron chi connectivity index (χ1n) is 9.18. The van der Waals surface area contributed by atoms with Crippen molar-refractivity contribution in [2.75, 3.05) is 13.1 Å². The molecule has 0 atom stereocenters. The number of benzene rings is 1. The molecule has 27 heavy (non-hydrogen) atoms. The Morgan fingerprint density at radius 1 is 1.22 bits per heavy atom. The van der Waals surface area contributed by atoms with Crippen LogP contribution in [0.3, 0.4) is 0 Å². The molecule has 0 spiro atoms. The second-order valence-electron chi connectivity index (χ2n) is 6.68. The van der Waals surface area contributed by atoms with Crippen molar-refractivity contribution in [2.24, 2.45) is 5.92 Å². The van der Waals surface area contributed by atoms with Gasteiger partial charge in [0.05, 0.1) is 6.26 Å². The van der Waals surface area contributed by atoms with E-state index < -0.39 is 0 Å². The van der Waals surface area contributed by atoms with Gasteiger partial charge < -0.3 is 14.6 Å². The zero-order valence-electron chi connectivity index (χ0n) is 15.3. The van der Waals surface area contributed by atoms with Gasteiger partial charge in [-0.3, -0.25) is 9.59 Å². The van der Waals surface area contributed by atoms with Crippen LogP contribution in [0.1, 0.15) is 42.3 Å². The minimum absolute atomic E-state index is 0.191. The summed E-state index contributed by atoms with van der Waals surface area (Å²) >= 11 is 5.88. The number of halogens is 1. The van der Waals surface area contributed by atoms with Gasteiger partial charge >= 0.3 is 0 Å². The van der Waals surface area contributed by atoms with Crippen LogP contribution in [0.15, 0.2) is 52.8 Å². The van der Waals surface area contributed by atoms with E-state index in [1.165, 1.54) is 6.26 Å². The molecule has 2 heterocycles. The molecular weight excluding hydrogens is 364 g/mol. The van der Waals surface area contributed by atoms with Crippen LogP contribution in [0.25, 0.3) is 6.08 Å². The molecule has 3 rings (SSSR count). The topological polar surface area (TPSA) is 62.6 Å². The molecule has 142 valence electrons. The van der Waals surface area contributed by atoms with Crippen LogP contribution in [0.2, 0.25) is 5.02 Å². The Hall–Kier alpha value is -2.53. The van der Waals surface area contributed by atoms with Crippen LogP contribution in [-0.2, 0) is 4.79 Å². The smallest absolute Gasteiger partial charge is 0.270 e. The third-order valence-corrected chi connectivity index (χ3v) is 5.15. The highest BCUT2D eigenvalue weighted by Crippen LogP contribution is 2.21. The fourth-order valence-electron chi connectivity index (χ4n) is 3.18. The van der Waals surface area contributed by atoms with Gasteiger partial charge in [0.2, 0.25) is 0 Å². The van der Waals surface area contributed by atoms with Crippen LogP contribution in [-0.4, -0.2) is 29.8 Å². The highest BCUT2D eigenvalue weighted by molar-refractivity contribution is 6.30. The Morgan fingerprint density at radius 2 is 1.93 bits per heavy atom. The number of carbonyl (C=O) groups excluding carboxylic acids is 2. The molecule has 1 aliphatic rings. The van der Waals surface area contributed by atoms with E-state index in [1.54, 1.807) is 47.4 Å². The van der Waals surface area contributed by atoms with Gasteiger partial charge in [0.25, 0.3) is 11.8 Å². The maximum Gasteiger partial charge on any atom is 0.270 e. The second kappa shape index (κ2) is 8.91. The molecule has 2 amide bonds. The van der Waals surface area contributed by atoms with Gasteiger partial charge in [-0.25, -0.2) is 0 Å². The lowest BCUT2D eigenvalue weighted by atomic mass is 9.94. The molecule has 2 aromatic rings. The first-order chi connectivity index (χ1) is 13.1. The number of hydrogen-bond donors (Lipinski definition) is 1. The van der Waals surface area contributed by atoms with Crippen molar-refractivity contribution in [3.63, 3.8) is 0 Å². The minimum atomic E-state index is -0.360. The quantitative estimate of drug-likeness (QED) is 0.777. The fraction of sp³-hybridized carbons (Fsp3) is 0.333. The first kappa shape index (κ1) is 19.2. The van der Waals surface area contributed by atoms with Crippen LogP contribution in [0, 0.1) is 5.92 Å². The summed E-state index contributed by atoms with van der Waals surface area (Å²) in [6, 6.07) is 10.0. The average molecular weight is 387 g/mol. The number of piperidine rings is 1. The molecule has 1 fully saturated rings. The molecule has 0 saturated carbocycles. The molecule has 1 aromatic carbocycles. The van der Waals surface area contributed by atoms with Crippen molar-refractivity contribution in [1.82, 2.24) is 10.2 Å².